The van der Waals surface area contributed by atoms with Crippen LogP contribution in [0, 0.1) is 0 Å². The smallest absolute Gasteiger partial charge is 0.313 e. The topological polar surface area (TPSA) is 82.6 Å². The molecule has 1 saturated heterocycles. The van der Waals surface area contributed by atoms with Crippen molar-refractivity contribution in [2.75, 3.05) is 19.6 Å². The second kappa shape index (κ2) is 9.82. The molecule has 0 spiro atoms. The van der Waals surface area contributed by atoms with E-state index in [0.717, 1.165) is 18.5 Å². The van der Waals surface area contributed by atoms with Gasteiger partial charge < -0.3 is 15.1 Å². The first-order valence-electron chi connectivity index (χ1n) is 9.94. The normalized spacial score (nSPS) is 15.3. The van der Waals surface area contributed by atoms with Gasteiger partial charge in [-0.2, -0.15) is 0 Å². The molecule has 7 heteroatoms. The first-order chi connectivity index (χ1) is 14.1. The predicted molar refractivity (Wildman–Crippen MR) is 108 cm³/mol. The average molecular weight is 394 g/mol. The van der Waals surface area contributed by atoms with Crippen LogP contribution in [-0.4, -0.2) is 52.1 Å². The molecule has 0 aliphatic carbocycles. The maximum atomic E-state index is 13.1. The van der Waals surface area contributed by atoms with Crippen LogP contribution in [0.4, 0.5) is 0 Å². The van der Waals surface area contributed by atoms with Gasteiger partial charge in [0.15, 0.2) is 0 Å². The van der Waals surface area contributed by atoms with Crippen LogP contribution in [0.3, 0.4) is 0 Å². The van der Waals surface area contributed by atoms with E-state index in [2.05, 4.69) is 10.3 Å². The lowest BCUT2D eigenvalue weighted by Gasteiger charge is -2.38. The van der Waals surface area contributed by atoms with Crippen molar-refractivity contribution in [3.05, 3.63) is 66.0 Å². The fourth-order valence-corrected chi connectivity index (χ4v) is 3.38. The molecule has 7 nitrogen and oxygen atoms in total. The number of carbonyl (C=O) groups is 3. The standard InChI is InChI=1S/C22H26N4O3/c1-2-3-13-25-14-15-26(22(29)21(25)28)19(17-9-5-4-6-10-17)20(27)24-16-18-11-7-8-12-23-18/h4-12,19H,2-3,13-16H2,1H3,(H,24,27). The molecule has 1 atom stereocenters. The number of carbonyl (C=O) groups excluding carboxylic acids is 3. The van der Waals surface area contributed by atoms with Crippen LogP contribution < -0.4 is 5.32 Å². The highest BCUT2D eigenvalue weighted by Crippen LogP contribution is 2.24. The summed E-state index contributed by atoms with van der Waals surface area (Å²) in [5, 5.41) is 2.86. The molecule has 1 aromatic carbocycles. The Morgan fingerprint density at radius 1 is 1.07 bits per heavy atom. The molecule has 0 bridgehead atoms. The van der Waals surface area contributed by atoms with Gasteiger partial charge >= 0.3 is 11.8 Å². The van der Waals surface area contributed by atoms with Crippen LogP contribution in [-0.2, 0) is 20.9 Å². The molecule has 1 aromatic heterocycles. The zero-order chi connectivity index (χ0) is 20.6. The van der Waals surface area contributed by atoms with E-state index < -0.39 is 17.9 Å². The molecule has 3 rings (SSSR count). The van der Waals surface area contributed by atoms with Gasteiger partial charge in [0.1, 0.15) is 6.04 Å². The Kier molecular flexibility index (Phi) is 6.94. The summed E-state index contributed by atoms with van der Waals surface area (Å²) in [6.45, 7) is 3.62. The second-order valence-corrected chi connectivity index (χ2v) is 7.00. The molecule has 1 N–H and O–H groups in total. The molecule has 2 aromatic rings. The van der Waals surface area contributed by atoms with Gasteiger partial charge in [-0.3, -0.25) is 19.4 Å². The SMILES string of the molecule is CCCCN1CCN(C(C(=O)NCc2ccccn2)c2ccccc2)C(=O)C1=O. The summed E-state index contributed by atoms with van der Waals surface area (Å²) < 4.78 is 0. The highest BCUT2D eigenvalue weighted by molar-refractivity contribution is 6.35. The van der Waals surface area contributed by atoms with E-state index in [0.29, 0.717) is 25.2 Å². The molecule has 2 heterocycles. The van der Waals surface area contributed by atoms with Crippen molar-refractivity contribution in [1.29, 1.82) is 0 Å². The number of pyridine rings is 1. The third kappa shape index (κ3) is 4.99. The Labute approximate surface area is 170 Å². The first-order valence-corrected chi connectivity index (χ1v) is 9.94. The summed E-state index contributed by atoms with van der Waals surface area (Å²) in [6, 6.07) is 13.7. The molecular formula is C22H26N4O3. The summed E-state index contributed by atoms with van der Waals surface area (Å²) >= 11 is 0. The molecule has 29 heavy (non-hydrogen) atoms. The molecule has 1 unspecified atom stereocenters. The number of rotatable bonds is 8. The Morgan fingerprint density at radius 3 is 2.52 bits per heavy atom. The third-order valence-corrected chi connectivity index (χ3v) is 4.97. The van der Waals surface area contributed by atoms with Gasteiger partial charge in [-0.15, -0.1) is 0 Å². The van der Waals surface area contributed by atoms with Crippen LogP contribution in [0.2, 0.25) is 0 Å². The van der Waals surface area contributed by atoms with Crippen molar-refractivity contribution >= 4 is 17.7 Å². The molecule has 152 valence electrons. The fourth-order valence-electron chi connectivity index (χ4n) is 3.38. The molecule has 3 amide bonds. The minimum Gasteiger partial charge on any atom is -0.348 e. The van der Waals surface area contributed by atoms with Crippen LogP contribution in [0.1, 0.15) is 37.1 Å². The van der Waals surface area contributed by atoms with Gasteiger partial charge in [0, 0.05) is 25.8 Å². The lowest BCUT2D eigenvalue weighted by molar-refractivity contribution is -0.159. The Balaban J connectivity index is 1.78. The molecular weight excluding hydrogens is 368 g/mol. The number of piperazine rings is 1. The van der Waals surface area contributed by atoms with E-state index >= 15 is 0 Å². The predicted octanol–water partition coefficient (Wildman–Crippen LogP) is 1.91. The van der Waals surface area contributed by atoms with E-state index in [1.807, 2.05) is 37.3 Å². The molecule has 1 aliphatic rings. The van der Waals surface area contributed by atoms with Crippen molar-refractivity contribution < 1.29 is 14.4 Å². The van der Waals surface area contributed by atoms with Crippen LogP contribution in [0.25, 0.3) is 0 Å². The molecule has 1 aliphatic heterocycles. The minimum absolute atomic E-state index is 0.252. The zero-order valence-electron chi connectivity index (χ0n) is 16.6. The summed E-state index contributed by atoms with van der Waals surface area (Å²) in [6.07, 6.45) is 3.46. The molecule has 1 fully saturated rings. The van der Waals surface area contributed by atoms with Gasteiger partial charge in [-0.1, -0.05) is 49.7 Å². The van der Waals surface area contributed by atoms with Gasteiger partial charge in [0.05, 0.1) is 12.2 Å². The van der Waals surface area contributed by atoms with Gasteiger partial charge in [-0.05, 0) is 24.1 Å². The Bertz CT molecular complexity index is 842. The maximum absolute atomic E-state index is 13.1. The number of amides is 3. The Hall–Kier alpha value is -3.22. The van der Waals surface area contributed by atoms with Crippen LogP contribution in [0.15, 0.2) is 54.7 Å². The van der Waals surface area contributed by atoms with Crippen molar-refractivity contribution in [3.8, 4) is 0 Å². The number of aromatic nitrogens is 1. The van der Waals surface area contributed by atoms with Crippen molar-refractivity contribution in [1.82, 2.24) is 20.1 Å². The monoisotopic (exact) mass is 394 g/mol. The summed E-state index contributed by atoms with van der Waals surface area (Å²) in [7, 11) is 0. The van der Waals surface area contributed by atoms with E-state index in [-0.39, 0.29) is 12.5 Å². The quantitative estimate of drug-likeness (QED) is 0.694. The fraction of sp³-hybridized carbons (Fsp3) is 0.364. The van der Waals surface area contributed by atoms with Crippen molar-refractivity contribution in [2.24, 2.45) is 0 Å². The number of nitrogens with one attached hydrogen (secondary N) is 1. The summed E-state index contributed by atoms with van der Waals surface area (Å²) in [4.78, 5) is 45.6. The number of hydrogen-bond acceptors (Lipinski definition) is 4. The number of nitrogens with zero attached hydrogens (tertiary/aromatic N) is 3. The largest absolute Gasteiger partial charge is 0.348 e. The van der Waals surface area contributed by atoms with E-state index in [4.69, 9.17) is 0 Å². The lowest BCUT2D eigenvalue weighted by Crippen LogP contribution is -2.57. The molecule has 0 saturated carbocycles. The highest BCUT2D eigenvalue weighted by atomic mass is 16.2. The average Bonchev–Trinajstić information content (AvgIpc) is 2.76. The maximum Gasteiger partial charge on any atom is 0.313 e. The summed E-state index contributed by atoms with van der Waals surface area (Å²) in [5.74, 6) is -1.50. The van der Waals surface area contributed by atoms with Crippen molar-refractivity contribution in [3.63, 3.8) is 0 Å². The van der Waals surface area contributed by atoms with Gasteiger partial charge in [0.2, 0.25) is 5.91 Å². The van der Waals surface area contributed by atoms with E-state index in [1.165, 1.54) is 4.90 Å². The lowest BCUT2D eigenvalue weighted by atomic mass is 10.0. The summed E-state index contributed by atoms with van der Waals surface area (Å²) in [5.41, 5.74) is 1.40. The minimum atomic E-state index is -0.857. The van der Waals surface area contributed by atoms with E-state index in [9.17, 15) is 14.4 Å². The molecule has 0 radical (unpaired) electrons. The van der Waals surface area contributed by atoms with Gasteiger partial charge in [0.25, 0.3) is 0 Å². The first kappa shape index (κ1) is 20.5. The number of hydrogen-bond donors (Lipinski definition) is 1. The van der Waals surface area contributed by atoms with Gasteiger partial charge in [-0.25, -0.2) is 0 Å². The zero-order valence-corrected chi connectivity index (χ0v) is 16.6. The number of benzene rings is 1. The third-order valence-electron chi connectivity index (χ3n) is 4.97. The number of unbranched alkanes of at least 4 members (excludes halogenated alkanes) is 1. The van der Waals surface area contributed by atoms with Crippen molar-refractivity contribution in [2.45, 2.75) is 32.4 Å². The Morgan fingerprint density at radius 2 is 1.83 bits per heavy atom. The second-order valence-electron chi connectivity index (χ2n) is 7.00. The highest BCUT2D eigenvalue weighted by Gasteiger charge is 2.39. The van der Waals surface area contributed by atoms with Crippen LogP contribution >= 0.6 is 0 Å². The van der Waals surface area contributed by atoms with E-state index in [1.54, 1.807) is 29.3 Å². The van der Waals surface area contributed by atoms with Crippen LogP contribution in [0.5, 0.6) is 0 Å².